The average Bonchev–Trinajstić information content (AvgIpc) is 3.47. The third kappa shape index (κ3) is 6.16. The van der Waals surface area contributed by atoms with E-state index in [1.165, 1.54) is 0 Å². The van der Waals surface area contributed by atoms with Gasteiger partial charge in [0.2, 0.25) is 5.78 Å². The number of ether oxygens (including phenoxy) is 2. The van der Waals surface area contributed by atoms with Crippen LogP contribution >= 0.6 is 0 Å². The number of carbonyl (C=O) groups excluding carboxylic acids is 3. The number of carbonyl (C=O) groups is 3. The molecule has 4 aromatic rings. The van der Waals surface area contributed by atoms with Crippen molar-refractivity contribution in [1.29, 1.82) is 0 Å². The number of urea groups is 1. The van der Waals surface area contributed by atoms with Crippen LogP contribution in [0.2, 0.25) is 0 Å². The van der Waals surface area contributed by atoms with Crippen LogP contribution in [0, 0.1) is 6.92 Å². The van der Waals surface area contributed by atoms with Crippen LogP contribution in [0.3, 0.4) is 0 Å². The van der Waals surface area contributed by atoms with Gasteiger partial charge in [0.25, 0.3) is 5.91 Å². The van der Waals surface area contributed by atoms with Gasteiger partial charge >= 0.3 is 6.03 Å². The van der Waals surface area contributed by atoms with E-state index in [0.29, 0.717) is 34.8 Å². The first kappa shape index (κ1) is 30.4. The van der Waals surface area contributed by atoms with Crippen molar-refractivity contribution in [2.45, 2.75) is 20.4 Å². The van der Waals surface area contributed by atoms with E-state index in [2.05, 4.69) is 22.1 Å². The van der Waals surface area contributed by atoms with Crippen molar-refractivity contribution < 1.29 is 23.9 Å². The van der Waals surface area contributed by atoms with Gasteiger partial charge in [0.1, 0.15) is 11.5 Å². The van der Waals surface area contributed by atoms with Gasteiger partial charge in [-0.3, -0.25) is 9.59 Å². The maximum atomic E-state index is 13.4. The number of rotatable bonds is 9. The van der Waals surface area contributed by atoms with Crippen LogP contribution in [-0.2, 0) is 6.54 Å². The minimum atomic E-state index is -0.480. The molecule has 0 atom stereocenters. The summed E-state index contributed by atoms with van der Waals surface area (Å²) in [6.07, 6.45) is 1.78. The summed E-state index contributed by atoms with van der Waals surface area (Å²) in [7, 11) is 7.31. The van der Waals surface area contributed by atoms with Crippen LogP contribution in [0.1, 0.15) is 38.9 Å². The third-order valence-corrected chi connectivity index (χ3v) is 7.72. The first-order valence-electron chi connectivity index (χ1n) is 14.4. The van der Waals surface area contributed by atoms with Gasteiger partial charge in [0.15, 0.2) is 5.76 Å². The summed E-state index contributed by atoms with van der Waals surface area (Å²) in [6.45, 7) is 6.25. The zero-order valence-corrected chi connectivity index (χ0v) is 25.9. The van der Waals surface area contributed by atoms with Crippen LogP contribution in [0.4, 0.5) is 16.2 Å². The van der Waals surface area contributed by atoms with Crippen LogP contribution < -0.4 is 20.1 Å². The Bertz CT molecular complexity index is 1770. The molecule has 0 saturated carbocycles. The molecule has 0 aliphatic carbocycles. The molecule has 228 valence electrons. The highest BCUT2D eigenvalue weighted by Gasteiger charge is 2.29. The Morgan fingerprint density at radius 2 is 1.66 bits per heavy atom. The Morgan fingerprint density at radius 1 is 0.955 bits per heavy atom. The minimum absolute atomic E-state index is 0.0905. The molecule has 1 aromatic heterocycles. The molecule has 0 fully saturated rings. The number of aryl methyl sites for hydroxylation is 1. The molecule has 0 unspecified atom stereocenters. The molecule has 3 amide bonds. The number of nitrogens with one attached hydrogen (secondary N) is 2. The van der Waals surface area contributed by atoms with Gasteiger partial charge in [0.05, 0.1) is 12.7 Å². The Balaban J connectivity index is 1.27. The summed E-state index contributed by atoms with van der Waals surface area (Å²) in [5.41, 5.74) is 4.82. The highest BCUT2D eigenvalue weighted by molar-refractivity contribution is 6.16. The minimum Gasteiger partial charge on any atom is -0.497 e. The number of ketones is 1. The summed E-state index contributed by atoms with van der Waals surface area (Å²) < 4.78 is 13.6. The van der Waals surface area contributed by atoms with Crippen molar-refractivity contribution in [2.75, 3.05) is 52.0 Å². The number of allylic oxidation sites excluding steroid dienone is 1. The summed E-state index contributed by atoms with van der Waals surface area (Å²) in [5.74, 6) is 1.02. The van der Waals surface area contributed by atoms with Crippen LogP contribution in [-0.4, -0.2) is 73.4 Å². The predicted molar refractivity (Wildman–Crippen MR) is 173 cm³/mol. The Labute approximate surface area is 256 Å². The topological polar surface area (TPSA) is 105 Å². The van der Waals surface area contributed by atoms with E-state index < -0.39 is 6.03 Å². The molecule has 1 aliphatic heterocycles. The highest BCUT2D eigenvalue weighted by atomic mass is 16.5. The summed E-state index contributed by atoms with van der Waals surface area (Å²) in [6, 6.07) is 17.1. The number of nitrogens with zero attached hydrogens (tertiary/aromatic N) is 3. The van der Waals surface area contributed by atoms with E-state index in [1.807, 2.05) is 44.1 Å². The van der Waals surface area contributed by atoms with Crippen molar-refractivity contribution in [1.82, 2.24) is 14.4 Å². The van der Waals surface area contributed by atoms with Crippen molar-refractivity contribution in [3.05, 3.63) is 88.8 Å². The Kier molecular flexibility index (Phi) is 8.73. The van der Waals surface area contributed by atoms with E-state index >= 15 is 0 Å². The van der Waals surface area contributed by atoms with Gasteiger partial charge in [-0.25, -0.2) is 4.79 Å². The number of likely N-dealkylation sites (N-methyl/N-ethyl adjacent to an activating group) is 2. The summed E-state index contributed by atoms with van der Waals surface area (Å²) in [4.78, 5) is 42.5. The molecule has 10 heteroatoms. The highest BCUT2D eigenvalue weighted by Crippen LogP contribution is 2.36. The molecule has 0 bridgehead atoms. The molecule has 0 spiro atoms. The molecular formula is C34H37N5O5. The fourth-order valence-electron chi connectivity index (χ4n) is 5.26. The fraction of sp³-hybridized carbons (Fsp3) is 0.265. The number of fused-ring (bicyclic) bond motifs is 2. The SMILES string of the molecule is CCn1c(C)c(/C=C2\Oc3ccc(NC(=O)Nc4ccc(C(=O)N(C)CCN(C)C)cc4)cc3C2=O)c2cc(OC)ccc21. The molecule has 44 heavy (non-hydrogen) atoms. The molecule has 3 aromatic carbocycles. The number of benzene rings is 3. The number of aromatic nitrogens is 1. The van der Waals surface area contributed by atoms with E-state index in [4.69, 9.17) is 9.47 Å². The smallest absolute Gasteiger partial charge is 0.323 e. The Hall–Kier alpha value is -5.09. The summed E-state index contributed by atoms with van der Waals surface area (Å²) >= 11 is 0. The first-order valence-corrected chi connectivity index (χ1v) is 14.4. The van der Waals surface area contributed by atoms with Gasteiger partial charge in [-0.1, -0.05) is 0 Å². The number of hydrogen-bond acceptors (Lipinski definition) is 6. The monoisotopic (exact) mass is 595 g/mol. The molecule has 10 nitrogen and oxygen atoms in total. The first-order chi connectivity index (χ1) is 21.1. The standard InChI is InChI=1S/C34H37N5O5/c1-7-39-21(2)26(27-19-25(43-6)13-14-29(27)39)20-31-32(40)28-18-24(12-15-30(28)44-31)36-34(42)35-23-10-8-22(9-11-23)33(41)38(5)17-16-37(3)4/h8-15,18-20H,7,16-17H2,1-6H3,(H2,35,36,42)/b31-20-. The lowest BCUT2D eigenvalue weighted by atomic mass is 10.1. The van der Waals surface area contributed by atoms with E-state index in [1.54, 1.807) is 67.6 Å². The van der Waals surface area contributed by atoms with Gasteiger partial charge in [-0.05, 0) is 94.7 Å². The van der Waals surface area contributed by atoms with Crippen LogP contribution in [0.15, 0.2) is 66.4 Å². The van der Waals surface area contributed by atoms with Crippen molar-refractivity contribution >= 4 is 46.1 Å². The third-order valence-electron chi connectivity index (χ3n) is 7.72. The summed E-state index contributed by atoms with van der Waals surface area (Å²) in [5, 5.41) is 6.50. The number of anilines is 2. The van der Waals surface area contributed by atoms with Gasteiger partial charge < -0.3 is 34.5 Å². The molecule has 2 heterocycles. The lowest BCUT2D eigenvalue weighted by Gasteiger charge is -2.19. The average molecular weight is 596 g/mol. The van der Waals surface area contributed by atoms with Crippen LogP contribution in [0.5, 0.6) is 11.5 Å². The Morgan fingerprint density at radius 3 is 2.34 bits per heavy atom. The second-order valence-electron chi connectivity index (χ2n) is 11.0. The second kappa shape index (κ2) is 12.6. The quantitative estimate of drug-likeness (QED) is 0.235. The van der Waals surface area contributed by atoms with Gasteiger partial charge in [-0.15, -0.1) is 0 Å². The molecule has 2 N–H and O–H groups in total. The van der Waals surface area contributed by atoms with E-state index in [-0.39, 0.29) is 17.4 Å². The number of amides is 3. The maximum absolute atomic E-state index is 13.4. The molecule has 1 aliphatic rings. The second-order valence-corrected chi connectivity index (χ2v) is 11.0. The van der Waals surface area contributed by atoms with Gasteiger partial charge in [0, 0.05) is 65.8 Å². The predicted octanol–water partition coefficient (Wildman–Crippen LogP) is 5.87. The zero-order valence-electron chi connectivity index (χ0n) is 25.9. The van der Waals surface area contributed by atoms with E-state index in [0.717, 1.165) is 41.0 Å². The lowest BCUT2D eigenvalue weighted by Crippen LogP contribution is -2.33. The van der Waals surface area contributed by atoms with E-state index in [9.17, 15) is 14.4 Å². The lowest BCUT2D eigenvalue weighted by molar-refractivity contribution is 0.0786. The fourth-order valence-corrected chi connectivity index (χ4v) is 5.26. The maximum Gasteiger partial charge on any atom is 0.323 e. The molecular weight excluding hydrogens is 558 g/mol. The zero-order chi connectivity index (χ0) is 31.5. The van der Waals surface area contributed by atoms with Crippen molar-refractivity contribution in [2.24, 2.45) is 0 Å². The number of Topliss-reactive ketones (excluding diaryl/α,β-unsaturated/α-hetero) is 1. The molecule has 5 rings (SSSR count). The van der Waals surface area contributed by atoms with Crippen LogP contribution in [0.25, 0.3) is 17.0 Å². The molecule has 0 saturated heterocycles. The number of methoxy groups -OCH3 is 1. The van der Waals surface area contributed by atoms with Crippen molar-refractivity contribution in [3.8, 4) is 11.5 Å². The molecule has 0 radical (unpaired) electrons. The van der Waals surface area contributed by atoms with Crippen molar-refractivity contribution in [3.63, 3.8) is 0 Å². The number of hydrogen-bond donors (Lipinski definition) is 2. The normalized spacial score (nSPS) is 13.2. The van der Waals surface area contributed by atoms with Gasteiger partial charge in [-0.2, -0.15) is 0 Å². The largest absolute Gasteiger partial charge is 0.497 e.